The SMILES string of the molecule is CC(CCN(C)C)n1nnc2ccc(C(=O)O)cc21. The summed E-state index contributed by atoms with van der Waals surface area (Å²) in [6.07, 6.45) is 0.933. The van der Waals surface area contributed by atoms with Gasteiger partial charge in [0.1, 0.15) is 5.52 Å². The lowest BCUT2D eigenvalue weighted by Crippen LogP contribution is -2.18. The van der Waals surface area contributed by atoms with Crippen LogP contribution < -0.4 is 0 Å². The van der Waals surface area contributed by atoms with Gasteiger partial charge in [-0.15, -0.1) is 5.10 Å². The van der Waals surface area contributed by atoms with Crippen molar-refractivity contribution in [3.63, 3.8) is 0 Å². The summed E-state index contributed by atoms with van der Waals surface area (Å²) < 4.78 is 1.80. The molecule has 0 amide bonds. The predicted octanol–water partition coefficient (Wildman–Crippen LogP) is 1.64. The van der Waals surface area contributed by atoms with E-state index in [1.165, 1.54) is 0 Å². The third kappa shape index (κ3) is 2.90. The number of rotatable bonds is 5. The number of hydrogen-bond donors (Lipinski definition) is 1. The van der Waals surface area contributed by atoms with Crippen LogP contribution in [0.1, 0.15) is 29.7 Å². The molecular weight excluding hydrogens is 244 g/mol. The number of carboxylic acids is 1. The number of aromatic carboxylic acids is 1. The first-order chi connectivity index (χ1) is 8.99. The fourth-order valence-corrected chi connectivity index (χ4v) is 1.96. The van der Waals surface area contributed by atoms with E-state index >= 15 is 0 Å². The summed E-state index contributed by atoms with van der Waals surface area (Å²) >= 11 is 0. The Hall–Kier alpha value is -1.95. The summed E-state index contributed by atoms with van der Waals surface area (Å²) in [4.78, 5) is 13.1. The van der Waals surface area contributed by atoms with E-state index in [1.807, 2.05) is 14.1 Å². The number of carboxylic acid groups (broad SMARTS) is 1. The fourth-order valence-electron chi connectivity index (χ4n) is 1.96. The first-order valence-corrected chi connectivity index (χ1v) is 6.22. The zero-order valence-corrected chi connectivity index (χ0v) is 11.4. The van der Waals surface area contributed by atoms with Gasteiger partial charge in [-0.1, -0.05) is 5.21 Å². The van der Waals surface area contributed by atoms with E-state index in [2.05, 4.69) is 22.1 Å². The molecule has 1 heterocycles. The Morgan fingerprint density at radius 3 is 2.84 bits per heavy atom. The van der Waals surface area contributed by atoms with E-state index in [0.717, 1.165) is 24.0 Å². The van der Waals surface area contributed by atoms with Gasteiger partial charge in [-0.3, -0.25) is 0 Å². The van der Waals surface area contributed by atoms with Crippen LogP contribution in [0.4, 0.5) is 0 Å². The molecule has 1 N–H and O–H groups in total. The van der Waals surface area contributed by atoms with Crippen molar-refractivity contribution in [2.45, 2.75) is 19.4 Å². The van der Waals surface area contributed by atoms with E-state index < -0.39 is 5.97 Å². The van der Waals surface area contributed by atoms with Crippen molar-refractivity contribution < 1.29 is 9.90 Å². The minimum atomic E-state index is -0.935. The van der Waals surface area contributed by atoms with Gasteiger partial charge < -0.3 is 10.0 Å². The van der Waals surface area contributed by atoms with Crippen LogP contribution in [0.25, 0.3) is 11.0 Å². The Balaban J connectivity index is 2.32. The highest BCUT2D eigenvalue weighted by Crippen LogP contribution is 2.19. The quantitative estimate of drug-likeness (QED) is 0.887. The molecule has 1 aromatic carbocycles. The fraction of sp³-hybridized carbons (Fsp3) is 0.462. The maximum absolute atomic E-state index is 11.0. The second-order valence-electron chi connectivity index (χ2n) is 4.98. The van der Waals surface area contributed by atoms with Crippen LogP contribution in [0, 0.1) is 0 Å². The van der Waals surface area contributed by atoms with Crippen molar-refractivity contribution in [1.29, 1.82) is 0 Å². The first kappa shape index (κ1) is 13.5. The van der Waals surface area contributed by atoms with Crippen LogP contribution in [-0.2, 0) is 0 Å². The van der Waals surface area contributed by atoms with Gasteiger partial charge in [-0.25, -0.2) is 9.48 Å². The number of benzene rings is 1. The van der Waals surface area contributed by atoms with Crippen LogP contribution in [0.5, 0.6) is 0 Å². The summed E-state index contributed by atoms with van der Waals surface area (Å²) in [6.45, 7) is 3.01. The number of aromatic nitrogens is 3. The minimum absolute atomic E-state index is 0.177. The molecule has 0 aliphatic carbocycles. The molecule has 6 nitrogen and oxygen atoms in total. The lowest BCUT2D eigenvalue weighted by atomic mass is 10.2. The molecule has 1 atom stereocenters. The second-order valence-corrected chi connectivity index (χ2v) is 4.98. The number of nitrogens with zero attached hydrogens (tertiary/aromatic N) is 4. The van der Waals surface area contributed by atoms with Gasteiger partial charge in [0.2, 0.25) is 0 Å². The van der Waals surface area contributed by atoms with Gasteiger partial charge in [0.25, 0.3) is 0 Å². The number of hydrogen-bond acceptors (Lipinski definition) is 4. The van der Waals surface area contributed by atoms with Crippen LogP contribution >= 0.6 is 0 Å². The predicted molar refractivity (Wildman–Crippen MR) is 72.4 cm³/mol. The zero-order valence-electron chi connectivity index (χ0n) is 11.4. The highest BCUT2D eigenvalue weighted by atomic mass is 16.4. The number of carbonyl (C=O) groups is 1. The normalized spacial score (nSPS) is 13.1. The molecule has 0 spiro atoms. The second kappa shape index (κ2) is 5.36. The molecule has 0 aliphatic heterocycles. The average molecular weight is 262 g/mol. The monoisotopic (exact) mass is 262 g/mol. The maximum atomic E-state index is 11.0. The molecule has 102 valence electrons. The van der Waals surface area contributed by atoms with Gasteiger partial charge in [0, 0.05) is 0 Å². The number of fused-ring (bicyclic) bond motifs is 1. The molecule has 0 bridgehead atoms. The first-order valence-electron chi connectivity index (χ1n) is 6.22. The molecular formula is C13H18N4O2. The Labute approximate surface area is 111 Å². The van der Waals surface area contributed by atoms with Crippen molar-refractivity contribution in [3.8, 4) is 0 Å². The largest absolute Gasteiger partial charge is 0.478 e. The Bertz CT molecular complexity index is 591. The van der Waals surface area contributed by atoms with Gasteiger partial charge in [-0.2, -0.15) is 0 Å². The zero-order chi connectivity index (χ0) is 14.0. The van der Waals surface area contributed by atoms with Crippen molar-refractivity contribution in [3.05, 3.63) is 23.8 Å². The smallest absolute Gasteiger partial charge is 0.335 e. The molecule has 1 unspecified atom stereocenters. The average Bonchev–Trinajstić information content (AvgIpc) is 2.78. The third-order valence-corrected chi connectivity index (χ3v) is 3.13. The molecule has 0 saturated heterocycles. The molecule has 0 aliphatic rings. The van der Waals surface area contributed by atoms with Crippen LogP contribution in [-0.4, -0.2) is 51.6 Å². The topological polar surface area (TPSA) is 71.2 Å². The highest BCUT2D eigenvalue weighted by molar-refractivity contribution is 5.92. The van der Waals surface area contributed by atoms with Gasteiger partial charge in [-0.05, 0) is 52.2 Å². The molecule has 0 saturated carbocycles. The summed E-state index contributed by atoms with van der Waals surface area (Å²) in [6, 6.07) is 5.05. The van der Waals surface area contributed by atoms with Crippen molar-refractivity contribution in [2.24, 2.45) is 0 Å². The molecule has 19 heavy (non-hydrogen) atoms. The Morgan fingerprint density at radius 1 is 1.47 bits per heavy atom. The highest BCUT2D eigenvalue weighted by Gasteiger charge is 2.13. The maximum Gasteiger partial charge on any atom is 0.335 e. The molecule has 0 fully saturated rings. The van der Waals surface area contributed by atoms with Crippen LogP contribution in [0.15, 0.2) is 18.2 Å². The standard InChI is InChI=1S/C13H18N4O2/c1-9(6-7-16(2)3)17-12-8-10(13(18)19)4-5-11(12)14-15-17/h4-5,8-9H,6-7H2,1-3H3,(H,18,19). The van der Waals surface area contributed by atoms with Crippen LogP contribution in [0.3, 0.4) is 0 Å². The Kier molecular flexibility index (Phi) is 3.80. The third-order valence-electron chi connectivity index (χ3n) is 3.13. The summed E-state index contributed by atoms with van der Waals surface area (Å²) in [7, 11) is 4.05. The van der Waals surface area contributed by atoms with Crippen molar-refractivity contribution >= 4 is 17.0 Å². The molecule has 1 aromatic heterocycles. The summed E-state index contributed by atoms with van der Waals surface area (Å²) in [5.74, 6) is -0.935. The van der Waals surface area contributed by atoms with E-state index in [9.17, 15) is 4.79 Å². The van der Waals surface area contributed by atoms with Gasteiger partial charge in [0.15, 0.2) is 0 Å². The Morgan fingerprint density at radius 2 is 2.21 bits per heavy atom. The van der Waals surface area contributed by atoms with Crippen molar-refractivity contribution in [2.75, 3.05) is 20.6 Å². The summed E-state index contributed by atoms with van der Waals surface area (Å²) in [5, 5.41) is 17.2. The van der Waals surface area contributed by atoms with Gasteiger partial charge >= 0.3 is 5.97 Å². The summed E-state index contributed by atoms with van der Waals surface area (Å²) in [5.41, 5.74) is 1.75. The van der Waals surface area contributed by atoms with Crippen LogP contribution in [0.2, 0.25) is 0 Å². The van der Waals surface area contributed by atoms with E-state index in [-0.39, 0.29) is 11.6 Å². The van der Waals surface area contributed by atoms with Gasteiger partial charge in [0.05, 0.1) is 17.1 Å². The van der Waals surface area contributed by atoms with E-state index in [1.54, 1.807) is 22.9 Å². The molecule has 2 aromatic rings. The lowest BCUT2D eigenvalue weighted by molar-refractivity contribution is 0.0697. The lowest BCUT2D eigenvalue weighted by Gasteiger charge is -2.15. The molecule has 6 heteroatoms. The molecule has 0 radical (unpaired) electrons. The minimum Gasteiger partial charge on any atom is -0.478 e. The van der Waals surface area contributed by atoms with E-state index in [4.69, 9.17) is 5.11 Å². The molecule has 2 rings (SSSR count). The van der Waals surface area contributed by atoms with E-state index in [0.29, 0.717) is 0 Å². The van der Waals surface area contributed by atoms with Crippen molar-refractivity contribution in [1.82, 2.24) is 19.9 Å².